The van der Waals surface area contributed by atoms with E-state index in [9.17, 15) is 8.78 Å². The Balaban J connectivity index is 2.30. The van der Waals surface area contributed by atoms with E-state index in [0.717, 1.165) is 11.6 Å². The van der Waals surface area contributed by atoms with Crippen molar-refractivity contribution in [1.29, 1.82) is 0 Å². The largest absolute Gasteiger partial charge is 0.494 e. The van der Waals surface area contributed by atoms with Crippen LogP contribution in [-0.4, -0.2) is 17.2 Å². The van der Waals surface area contributed by atoms with Gasteiger partial charge in [0.1, 0.15) is 12.4 Å². The molecule has 2 aromatic carbocycles. The quantitative estimate of drug-likeness (QED) is 0.835. The van der Waals surface area contributed by atoms with Crippen LogP contribution >= 0.6 is 15.9 Å². The van der Waals surface area contributed by atoms with E-state index in [1.54, 1.807) is 24.3 Å². The normalized spacial score (nSPS) is 10.4. The van der Waals surface area contributed by atoms with Crippen molar-refractivity contribution in [2.45, 2.75) is 6.61 Å². The van der Waals surface area contributed by atoms with Crippen LogP contribution in [0.25, 0.3) is 0 Å². The van der Waals surface area contributed by atoms with Crippen molar-refractivity contribution >= 4 is 28.5 Å². The third kappa shape index (κ3) is 3.17. The summed E-state index contributed by atoms with van der Waals surface area (Å²) in [6, 6.07) is 9.94. The highest BCUT2D eigenvalue weighted by molar-refractivity contribution is 9.10. The van der Waals surface area contributed by atoms with Crippen LogP contribution in [0.3, 0.4) is 0 Å². The van der Waals surface area contributed by atoms with Gasteiger partial charge in [0.25, 0.3) is 0 Å². The lowest BCUT2D eigenvalue weighted by Gasteiger charge is -2.13. The van der Waals surface area contributed by atoms with E-state index in [4.69, 9.17) is 14.8 Å². The summed E-state index contributed by atoms with van der Waals surface area (Å²) in [5.74, 6) is -2.46. The molecule has 0 aromatic heterocycles. The van der Waals surface area contributed by atoms with E-state index in [2.05, 4.69) is 15.9 Å². The molecule has 2 aromatic rings. The third-order valence-electron chi connectivity index (χ3n) is 2.65. The Morgan fingerprint density at radius 1 is 1.15 bits per heavy atom. The molecule has 7 heteroatoms. The van der Waals surface area contributed by atoms with Crippen LogP contribution in [0.15, 0.2) is 40.9 Å². The molecule has 0 atom stereocenters. The lowest BCUT2D eigenvalue weighted by molar-refractivity contribution is 0.287. The number of hydrogen-bond acceptors (Lipinski definition) is 3. The first kappa shape index (κ1) is 15.0. The van der Waals surface area contributed by atoms with Crippen LogP contribution in [0.5, 0.6) is 5.75 Å². The van der Waals surface area contributed by atoms with Gasteiger partial charge in [0, 0.05) is 0 Å². The maximum absolute atomic E-state index is 14.0. The molecule has 2 N–H and O–H groups in total. The highest BCUT2D eigenvalue weighted by atomic mass is 79.9. The van der Waals surface area contributed by atoms with Crippen molar-refractivity contribution in [1.82, 2.24) is 0 Å². The van der Waals surface area contributed by atoms with Gasteiger partial charge in [-0.1, -0.05) is 30.3 Å². The molecule has 0 saturated heterocycles. The van der Waals surface area contributed by atoms with Gasteiger partial charge in [-0.3, -0.25) is 0 Å². The zero-order chi connectivity index (χ0) is 14.7. The van der Waals surface area contributed by atoms with Gasteiger partial charge in [0.2, 0.25) is 0 Å². The summed E-state index contributed by atoms with van der Waals surface area (Å²) in [5, 5.41) is 18.0. The Kier molecular flexibility index (Phi) is 4.75. The van der Waals surface area contributed by atoms with Crippen molar-refractivity contribution in [3.63, 3.8) is 0 Å². The molecule has 0 radical (unpaired) electrons. The maximum atomic E-state index is 14.0. The molecule has 0 heterocycles. The van der Waals surface area contributed by atoms with E-state index in [1.807, 2.05) is 6.07 Å². The Hall–Kier alpha value is -1.44. The highest BCUT2D eigenvalue weighted by Gasteiger charge is 2.27. The Bertz CT molecular complexity index is 608. The fourth-order valence-corrected chi connectivity index (χ4v) is 2.17. The minimum absolute atomic E-state index is 0.0628. The fourth-order valence-electron chi connectivity index (χ4n) is 1.69. The Morgan fingerprint density at radius 3 is 2.40 bits per heavy atom. The predicted octanol–water partition coefficient (Wildman–Crippen LogP) is 1.99. The molecule has 0 unspecified atom stereocenters. The van der Waals surface area contributed by atoms with Crippen molar-refractivity contribution in [2.75, 3.05) is 0 Å². The Labute approximate surface area is 123 Å². The SMILES string of the molecule is OB(O)c1c(F)cc(Br)c(OCc2ccccc2)c1F. The molecule has 104 valence electrons. The lowest BCUT2D eigenvalue weighted by Crippen LogP contribution is -2.36. The van der Waals surface area contributed by atoms with Gasteiger partial charge in [-0.25, -0.2) is 8.78 Å². The smallest absolute Gasteiger partial charge is 0.485 e. The summed E-state index contributed by atoms with van der Waals surface area (Å²) in [6.45, 7) is 0.0724. The summed E-state index contributed by atoms with van der Waals surface area (Å²) in [4.78, 5) is 0. The first-order chi connectivity index (χ1) is 9.50. The molecule has 0 aliphatic carbocycles. The van der Waals surface area contributed by atoms with Gasteiger partial charge < -0.3 is 14.8 Å². The Morgan fingerprint density at radius 2 is 1.80 bits per heavy atom. The van der Waals surface area contributed by atoms with E-state index < -0.39 is 24.2 Å². The molecule has 0 fully saturated rings. The summed E-state index contributed by atoms with van der Waals surface area (Å²) in [5.41, 5.74) is -0.0366. The van der Waals surface area contributed by atoms with Gasteiger partial charge in [0.15, 0.2) is 11.6 Å². The molecule has 0 spiro atoms. The van der Waals surface area contributed by atoms with Gasteiger partial charge in [-0.05, 0) is 27.6 Å². The molecule has 2 rings (SSSR count). The van der Waals surface area contributed by atoms with E-state index in [0.29, 0.717) is 0 Å². The molecular formula is C13H10BBrF2O3. The molecule has 0 aliphatic heterocycles. The summed E-state index contributed by atoms with van der Waals surface area (Å²) >= 11 is 2.99. The topological polar surface area (TPSA) is 49.7 Å². The lowest BCUT2D eigenvalue weighted by atomic mass is 9.79. The molecular weight excluding hydrogens is 333 g/mol. The van der Waals surface area contributed by atoms with Crippen molar-refractivity contribution < 1.29 is 23.6 Å². The summed E-state index contributed by atoms with van der Waals surface area (Å²) in [7, 11) is -2.25. The van der Waals surface area contributed by atoms with Crippen LogP contribution in [-0.2, 0) is 6.61 Å². The monoisotopic (exact) mass is 342 g/mol. The van der Waals surface area contributed by atoms with E-state index in [-0.39, 0.29) is 16.8 Å². The average Bonchev–Trinajstić information content (AvgIpc) is 2.38. The maximum Gasteiger partial charge on any atom is 0.494 e. The zero-order valence-electron chi connectivity index (χ0n) is 10.2. The number of ether oxygens (including phenoxy) is 1. The fraction of sp³-hybridized carbons (Fsp3) is 0.0769. The van der Waals surface area contributed by atoms with E-state index >= 15 is 0 Å². The number of rotatable bonds is 4. The molecule has 0 amide bonds. The number of hydrogen-bond donors (Lipinski definition) is 2. The zero-order valence-corrected chi connectivity index (χ0v) is 11.8. The minimum atomic E-state index is -2.25. The molecule has 0 saturated carbocycles. The van der Waals surface area contributed by atoms with Gasteiger partial charge >= 0.3 is 7.12 Å². The van der Waals surface area contributed by atoms with Crippen LogP contribution < -0.4 is 10.2 Å². The number of halogens is 3. The van der Waals surface area contributed by atoms with Crippen molar-refractivity contribution in [2.24, 2.45) is 0 Å². The van der Waals surface area contributed by atoms with E-state index in [1.165, 1.54) is 0 Å². The second-order valence-electron chi connectivity index (χ2n) is 4.04. The molecule has 20 heavy (non-hydrogen) atoms. The molecule has 3 nitrogen and oxygen atoms in total. The first-order valence-electron chi connectivity index (χ1n) is 5.71. The second-order valence-corrected chi connectivity index (χ2v) is 4.90. The van der Waals surface area contributed by atoms with Crippen LogP contribution in [0.2, 0.25) is 0 Å². The summed E-state index contributed by atoms with van der Waals surface area (Å²) in [6.07, 6.45) is 0. The molecule has 0 aliphatic rings. The van der Waals surface area contributed by atoms with Gasteiger partial charge in [-0.15, -0.1) is 0 Å². The highest BCUT2D eigenvalue weighted by Crippen LogP contribution is 2.29. The van der Waals surface area contributed by atoms with Crippen molar-refractivity contribution in [3.05, 3.63) is 58.1 Å². The van der Waals surface area contributed by atoms with Crippen molar-refractivity contribution in [3.8, 4) is 5.75 Å². The first-order valence-corrected chi connectivity index (χ1v) is 6.50. The summed E-state index contributed by atoms with van der Waals surface area (Å²) < 4.78 is 32.8. The average molecular weight is 343 g/mol. The van der Waals surface area contributed by atoms with Gasteiger partial charge in [-0.2, -0.15) is 0 Å². The molecule has 0 bridgehead atoms. The van der Waals surface area contributed by atoms with Crippen LogP contribution in [0, 0.1) is 11.6 Å². The van der Waals surface area contributed by atoms with Crippen LogP contribution in [0.4, 0.5) is 8.78 Å². The number of benzene rings is 2. The minimum Gasteiger partial charge on any atom is -0.485 e. The van der Waals surface area contributed by atoms with Crippen LogP contribution in [0.1, 0.15) is 5.56 Å². The predicted molar refractivity (Wildman–Crippen MR) is 74.7 cm³/mol. The standard InChI is InChI=1S/C13H10BBrF2O3/c15-9-6-10(16)11(14(18)19)12(17)13(9)20-7-8-4-2-1-3-5-8/h1-6,18-19H,7H2. The second kappa shape index (κ2) is 6.34. The van der Waals surface area contributed by atoms with Gasteiger partial charge in [0.05, 0.1) is 9.94 Å². The third-order valence-corrected chi connectivity index (χ3v) is 3.24.